The Morgan fingerprint density at radius 3 is 2.47 bits per heavy atom. The summed E-state index contributed by atoms with van der Waals surface area (Å²) in [6.07, 6.45) is 11.6. The molecule has 5 aliphatic rings. The van der Waals surface area contributed by atoms with Crippen molar-refractivity contribution in [2.45, 2.75) is 160 Å². The van der Waals surface area contributed by atoms with Gasteiger partial charge in [-0.3, -0.25) is 4.84 Å². The van der Waals surface area contributed by atoms with E-state index in [0.717, 1.165) is 57.8 Å². The Morgan fingerprint density at radius 1 is 1.04 bits per heavy atom. The third kappa shape index (κ3) is 5.87. The Kier molecular flexibility index (Phi) is 9.82. The van der Waals surface area contributed by atoms with Gasteiger partial charge in [0.25, 0.3) is 0 Å². The summed E-state index contributed by atoms with van der Waals surface area (Å²) in [7, 11) is 0. The van der Waals surface area contributed by atoms with Crippen LogP contribution in [0.1, 0.15) is 119 Å². The predicted octanol–water partition coefficient (Wildman–Crippen LogP) is 7.05. The maximum Gasteiger partial charge on any atom is 0.160 e. The molecule has 254 valence electrons. The molecule has 11 heteroatoms. The van der Waals surface area contributed by atoms with Gasteiger partial charge in [-0.2, -0.15) is 14.7 Å². The van der Waals surface area contributed by atoms with Crippen molar-refractivity contribution in [3.05, 3.63) is 26.4 Å². The average molecular weight is 632 g/mol. The van der Waals surface area contributed by atoms with Gasteiger partial charge in [0.15, 0.2) is 6.29 Å². The lowest BCUT2D eigenvalue weighted by molar-refractivity contribution is -0.251. The lowest BCUT2D eigenvalue weighted by Gasteiger charge is -2.66. The number of fused-ring (bicyclic) bond motifs is 5. The van der Waals surface area contributed by atoms with Gasteiger partial charge < -0.3 is 15.2 Å². The van der Waals surface area contributed by atoms with Crippen LogP contribution in [0.25, 0.3) is 0 Å². The molecular formula is C34H57N5O6. The molecule has 0 aromatic heterocycles. The zero-order valence-electron chi connectivity index (χ0n) is 28.3. The first-order chi connectivity index (χ1) is 21.2. The molecule has 1 saturated heterocycles. The molecule has 1 heterocycles. The fraction of sp³-hybridized carbons (Fsp3) is 0.941. The van der Waals surface area contributed by atoms with Crippen LogP contribution in [0.3, 0.4) is 0 Å². The Morgan fingerprint density at radius 2 is 1.80 bits per heavy atom. The molecule has 0 bridgehead atoms. The van der Waals surface area contributed by atoms with Gasteiger partial charge in [0, 0.05) is 23.8 Å². The normalized spacial score (nSPS) is 43.3. The maximum absolute atomic E-state index is 11.7. The number of hydrogen-bond donors (Lipinski definition) is 2. The van der Waals surface area contributed by atoms with E-state index in [2.05, 4.69) is 49.3 Å². The van der Waals surface area contributed by atoms with E-state index in [4.69, 9.17) is 25.9 Å². The molecule has 4 N–H and O–H groups in total. The number of hydrogen-bond acceptors (Lipinski definition) is 11. The highest BCUT2D eigenvalue weighted by atomic mass is 16.7. The van der Waals surface area contributed by atoms with Crippen LogP contribution in [0.2, 0.25) is 0 Å². The summed E-state index contributed by atoms with van der Waals surface area (Å²) in [6.45, 7) is 13.1. The number of nitroso groups, excluding NO2 is 3. The van der Waals surface area contributed by atoms with Gasteiger partial charge in [0.2, 0.25) is 0 Å². The Bertz CT molecular complexity index is 1150. The SMILES string of the molecule is CC(C)(ON)[C@@H](CCC[C@H]1CCC2[C@]1(C)CC[C@@]1(C)C3CC[C@H](N=O)C(C)(C)C3=CC[C@@]21N)O[C@H]1C[C@@H](N=O)C[C@@H](CN=O)O1. The molecule has 0 aromatic carbocycles. The highest BCUT2D eigenvalue weighted by Crippen LogP contribution is 2.70. The average Bonchev–Trinajstić information content (AvgIpc) is 3.34. The van der Waals surface area contributed by atoms with Crippen LogP contribution in [0.4, 0.5) is 0 Å². The first-order valence-corrected chi connectivity index (χ1v) is 17.3. The van der Waals surface area contributed by atoms with Crippen LogP contribution in [-0.4, -0.2) is 48.3 Å². The molecule has 11 nitrogen and oxygen atoms in total. The van der Waals surface area contributed by atoms with E-state index < -0.39 is 24.0 Å². The zero-order valence-corrected chi connectivity index (χ0v) is 28.3. The molecule has 0 amide bonds. The van der Waals surface area contributed by atoms with E-state index in [1.165, 1.54) is 12.0 Å². The van der Waals surface area contributed by atoms with Crippen LogP contribution in [0.15, 0.2) is 27.2 Å². The number of nitrogens with zero attached hydrogens (tertiary/aromatic N) is 3. The molecule has 4 aliphatic carbocycles. The lowest BCUT2D eigenvalue weighted by atomic mass is 9.40. The van der Waals surface area contributed by atoms with Gasteiger partial charge in [-0.1, -0.05) is 61.3 Å². The van der Waals surface area contributed by atoms with Crippen molar-refractivity contribution >= 4 is 0 Å². The monoisotopic (exact) mass is 631 g/mol. The summed E-state index contributed by atoms with van der Waals surface area (Å²) < 4.78 is 12.4. The number of rotatable bonds is 12. The van der Waals surface area contributed by atoms with Crippen LogP contribution in [0.5, 0.6) is 0 Å². The van der Waals surface area contributed by atoms with E-state index in [-0.39, 0.29) is 40.5 Å². The van der Waals surface area contributed by atoms with E-state index >= 15 is 0 Å². The van der Waals surface area contributed by atoms with Gasteiger partial charge in [0.05, 0.1) is 18.2 Å². The highest BCUT2D eigenvalue weighted by Gasteiger charge is 2.67. The molecule has 0 spiro atoms. The van der Waals surface area contributed by atoms with Crippen LogP contribution in [-0.2, 0) is 14.3 Å². The molecule has 0 aromatic rings. The van der Waals surface area contributed by atoms with Crippen molar-refractivity contribution in [2.24, 2.45) is 61.2 Å². The molecule has 11 atom stereocenters. The van der Waals surface area contributed by atoms with Crippen molar-refractivity contribution in [1.29, 1.82) is 0 Å². The van der Waals surface area contributed by atoms with Gasteiger partial charge in [-0.15, -0.1) is 0 Å². The first kappa shape index (κ1) is 34.7. The topological polar surface area (TPSA) is 168 Å². The highest BCUT2D eigenvalue weighted by molar-refractivity contribution is 5.34. The van der Waals surface area contributed by atoms with Gasteiger partial charge in [-0.05, 0) is 100 Å². The second-order valence-electron chi connectivity index (χ2n) is 16.6. The predicted molar refractivity (Wildman–Crippen MR) is 174 cm³/mol. The molecule has 45 heavy (non-hydrogen) atoms. The van der Waals surface area contributed by atoms with Crippen molar-refractivity contribution in [3.63, 3.8) is 0 Å². The summed E-state index contributed by atoms with van der Waals surface area (Å²) in [4.78, 5) is 39.3. The zero-order chi connectivity index (χ0) is 32.8. The minimum Gasteiger partial charge on any atom is -0.347 e. The third-order valence-corrected chi connectivity index (χ3v) is 13.8. The van der Waals surface area contributed by atoms with Crippen molar-refractivity contribution < 1.29 is 14.3 Å². The van der Waals surface area contributed by atoms with Crippen LogP contribution < -0.4 is 11.6 Å². The molecule has 3 saturated carbocycles. The second kappa shape index (κ2) is 12.7. The molecule has 0 radical (unpaired) electrons. The fourth-order valence-electron chi connectivity index (χ4n) is 10.8. The van der Waals surface area contributed by atoms with Gasteiger partial charge in [-0.25, -0.2) is 5.90 Å². The van der Waals surface area contributed by atoms with Crippen LogP contribution >= 0.6 is 0 Å². The second-order valence-corrected chi connectivity index (χ2v) is 16.6. The van der Waals surface area contributed by atoms with Crippen molar-refractivity contribution in [3.8, 4) is 0 Å². The van der Waals surface area contributed by atoms with Gasteiger partial charge >= 0.3 is 0 Å². The minimum absolute atomic E-state index is 0.00809. The maximum atomic E-state index is 11.7. The number of ether oxygens (including phenoxy) is 2. The molecular weight excluding hydrogens is 574 g/mol. The minimum atomic E-state index is -0.780. The third-order valence-electron chi connectivity index (χ3n) is 13.8. The Labute approximate surface area is 268 Å². The Hall–Kier alpha value is -1.66. The fourth-order valence-corrected chi connectivity index (χ4v) is 10.8. The summed E-state index contributed by atoms with van der Waals surface area (Å²) in [5.74, 6) is 7.13. The molecule has 4 fully saturated rings. The van der Waals surface area contributed by atoms with E-state index in [0.29, 0.717) is 30.6 Å². The summed E-state index contributed by atoms with van der Waals surface area (Å²) in [5.41, 5.74) is 7.98. The summed E-state index contributed by atoms with van der Waals surface area (Å²) >= 11 is 0. The molecule has 2 unspecified atom stereocenters. The van der Waals surface area contributed by atoms with Crippen LogP contribution in [0, 0.1) is 48.7 Å². The first-order valence-electron chi connectivity index (χ1n) is 17.3. The van der Waals surface area contributed by atoms with E-state index in [1.54, 1.807) is 0 Å². The van der Waals surface area contributed by atoms with E-state index in [9.17, 15) is 14.7 Å². The Balaban J connectivity index is 1.27. The van der Waals surface area contributed by atoms with Gasteiger partial charge in [0.1, 0.15) is 18.2 Å². The van der Waals surface area contributed by atoms with E-state index in [1.807, 2.05) is 13.8 Å². The molecule has 5 rings (SSSR count). The van der Waals surface area contributed by atoms with Crippen molar-refractivity contribution in [2.75, 3.05) is 6.54 Å². The molecule has 1 aliphatic heterocycles. The van der Waals surface area contributed by atoms with Crippen molar-refractivity contribution in [1.82, 2.24) is 0 Å². The summed E-state index contributed by atoms with van der Waals surface area (Å²) in [5, 5.41) is 9.71. The quantitative estimate of drug-likeness (QED) is 0.131. The number of nitrogens with two attached hydrogens (primary N) is 2. The smallest absolute Gasteiger partial charge is 0.160 e. The standard InChI is InChI=1S/C34H57N5O6/c1-30(2)24-14-15-34(35)26-12-10-21(32(26,5)16-17-33(34,6)25(24)11-13-27(30)39-42)8-7-9-28(31(3,4)45-36)44-29-19-22(38-41)18-23(43-29)20-37-40/h14,21-23,25-29H,7-13,15-20,35-36H2,1-6H3/t21-,22-,23-,25?,26?,27-,28+,29-,32+,33-,34+/m0/s1. The largest absolute Gasteiger partial charge is 0.347 e. The summed E-state index contributed by atoms with van der Waals surface area (Å²) in [6, 6.07) is -0.647. The lowest BCUT2D eigenvalue weighted by Crippen LogP contribution is -2.69.